The predicted molar refractivity (Wildman–Crippen MR) is 70.3 cm³/mol. The molecule has 0 fully saturated rings. The quantitative estimate of drug-likeness (QED) is 0.816. The number of hydrogen-bond acceptors (Lipinski definition) is 2. The number of rotatable bonds is 5. The van der Waals surface area contributed by atoms with Crippen LogP contribution in [0.4, 0.5) is 4.39 Å². The number of benzene rings is 1. The van der Waals surface area contributed by atoms with Crippen LogP contribution in [0.5, 0.6) is 0 Å². The Bertz CT molecular complexity index is 496. The van der Waals surface area contributed by atoms with E-state index in [1.54, 1.807) is 0 Å². The molecule has 0 saturated carbocycles. The van der Waals surface area contributed by atoms with Crippen molar-refractivity contribution in [3.05, 3.63) is 40.7 Å². The molecule has 102 valence electrons. The summed E-state index contributed by atoms with van der Waals surface area (Å²) < 4.78 is 13.4. The van der Waals surface area contributed by atoms with Gasteiger partial charge >= 0.3 is 5.97 Å². The maximum Gasteiger partial charge on any atom is 0.308 e. The molecule has 0 spiro atoms. The summed E-state index contributed by atoms with van der Waals surface area (Å²) in [4.78, 5) is 22.0. The van der Waals surface area contributed by atoms with E-state index in [0.29, 0.717) is 0 Å². The Morgan fingerprint density at radius 1 is 1.53 bits per heavy atom. The molecule has 0 aliphatic carbocycles. The SMILES string of the molecule is CC(CNC(=O)C=Cc1c(F)cccc1Cl)C(=O)O. The zero-order chi connectivity index (χ0) is 14.4. The van der Waals surface area contributed by atoms with Crippen LogP contribution < -0.4 is 5.32 Å². The Hall–Kier alpha value is -1.88. The van der Waals surface area contributed by atoms with Gasteiger partial charge in [-0.05, 0) is 18.2 Å². The maximum absolute atomic E-state index is 13.4. The number of amides is 1. The molecule has 1 atom stereocenters. The van der Waals surface area contributed by atoms with Crippen LogP contribution >= 0.6 is 11.6 Å². The van der Waals surface area contributed by atoms with Crippen molar-refractivity contribution in [1.82, 2.24) is 5.32 Å². The zero-order valence-electron chi connectivity index (χ0n) is 10.2. The second-order valence-corrected chi connectivity index (χ2v) is 4.36. The molecule has 1 unspecified atom stereocenters. The topological polar surface area (TPSA) is 66.4 Å². The van der Waals surface area contributed by atoms with Gasteiger partial charge in [0.15, 0.2) is 0 Å². The average Bonchev–Trinajstić information content (AvgIpc) is 2.35. The highest BCUT2D eigenvalue weighted by Gasteiger charge is 2.11. The third-order valence-corrected chi connectivity index (χ3v) is 2.73. The first-order chi connectivity index (χ1) is 8.91. The number of aliphatic carboxylic acids is 1. The molecule has 0 heterocycles. The minimum absolute atomic E-state index is 0.00348. The summed E-state index contributed by atoms with van der Waals surface area (Å²) in [6, 6.07) is 4.20. The molecule has 1 aromatic rings. The van der Waals surface area contributed by atoms with E-state index in [0.717, 1.165) is 6.08 Å². The molecule has 4 nitrogen and oxygen atoms in total. The van der Waals surface area contributed by atoms with E-state index >= 15 is 0 Å². The second kappa shape index (κ2) is 6.89. The van der Waals surface area contributed by atoms with E-state index in [1.165, 1.54) is 31.2 Å². The van der Waals surface area contributed by atoms with Crippen LogP contribution in [-0.2, 0) is 9.59 Å². The maximum atomic E-state index is 13.4. The summed E-state index contributed by atoms with van der Waals surface area (Å²) in [5.41, 5.74) is 0.116. The molecular formula is C13H13ClFNO3. The van der Waals surface area contributed by atoms with E-state index in [4.69, 9.17) is 16.7 Å². The summed E-state index contributed by atoms with van der Waals surface area (Å²) in [5, 5.41) is 11.2. The largest absolute Gasteiger partial charge is 0.481 e. The molecule has 2 N–H and O–H groups in total. The summed E-state index contributed by atoms with van der Waals surface area (Å²) in [7, 11) is 0. The van der Waals surface area contributed by atoms with Gasteiger partial charge in [0.1, 0.15) is 5.82 Å². The van der Waals surface area contributed by atoms with E-state index in [-0.39, 0.29) is 17.1 Å². The van der Waals surface area contributed by atoms with Crippen molar-refractivity contribution < 1.29 is 19.1 Å². The highest BCUT2D eigenvalue weighted by Crippen LogP contribution is 2.20. The van der Waals surface area contributed by atoms with Gasteiger partial charge in [-0.15, -0.1) is 0 Å². The van der Waals surface area contributed by atoms with Crippen LogP contribution in [0.1, 0.15) is 12.5 Å². The molecule has 0 bridgehead atoms. The molecule has 0 aromatic heterocycles. The molecule has 0 radical (unpaired) electrons. The van der Waals surface area contributed by atoms with Crippen LogP contribution in [0.2, 0.25) is 5.02 Å². The number of carbonyl (C=O) groups excluding carboxylic acids is 1. The highest BCUT2D eigenvalue weighted by atomic mass is 35.5. The smallest absolute Gasteiger partial charge is 0.308 e. The molecule has 6 heteroatoms. The number of nitrogens with one attached hydrogen (secondary N) is 1. The molecule has 1 amide bonds. The normalized spacial score (nSPS) is 12.4. The number of carboxylic acid groups (broad SMARTS) is 1. The third-order valence-electron chi connectivity index (χ3n) is 2.41. The lowest BCUT2D eigenvalue weighted by Crippen LogP contribution is -2.30. The van der Waals surface area contributed by atoms with Crippen LogP contribution in [0.25, 0.3) is 6.08 Å². The average molecular weight is 286 g/mol. The summed E-state index contributed by atoms with van der Waals surface area (Å²) in [6.07, 6.45) is 2.36. The van der Waals surface area contributed by atoms with Crippen LogP contribution in [0, 0.1) is 11.7 Å². The fourth-order valence-corrected chi connectivity index (χ4v) is 1.45. The van der Waals surface area contributed by atoms with Gasteiger partial charge in [-0.25, -0.2) is 4.39 Å². The third kappa shape index (κ3) is 4.71. The summed E-state index contributed by atoms with van der Waals surface area (Å²) >= 11 is 5.78. The second-order valence-electron chi connectivity index (χ2n) is 3.95. The fraction of sp³-hybridized carbons (Fsp3) is 0.231. The highest BCUT2D eigenvalue weighted by molar-refractivity contribution is 6.32. The number of carbonyl (C=O) groups is 2. The molecular weight excluding hydrogens is 273 g/mol. The van der Waals surface area contributed by atoms with Gasteiger partial charge < -0.3 is 10.4 Å². The van der Waals surface area contributed by atoms with Gasteiger partial charge in [0.25, 0.3) is 0 Å². The first-order valence-electron chi connectivity index (χ1n) is 5.54. The Labute approximate surface area is 114 Å². The minimum atomic E-state index is -0.999. The fourth-order valence-electron chi connectivity index (χ4n) is 1.23. The van der Waals surface area contributed by atoms with Crippen molar-refractivity contribution in [2.24, 2.45) is 5.92 Å². The van der Waals surface area contributed by atoms with E-state index < -0.39 is 23.6 Å². The molecule has 0 aliphatic rings. The van der Waals surface area contributed by atoms with E-state index in [1.807, 2.05) is 0 Å². The van der Waals surface area contributed by atoms with Gasteiger partial charge in [0.05, 0.1) is 10.9 Å². The summed E-state index contributed by atoms with van der Waals surface area (Å²) in [5.74, 6) is -2.72. The molecule has 19 heavy (non-hydrogen) atoms. The Balaban J connectivity index is 2.62. The Kier molecular flexibility index (Phi) is 5.51. The Morgan fingerprint density at radius 2 is 2.21 bits per heavy atom. The van der Waals surface area contributed by atoms with Gasteiger partial charge in [-0.1, -0.05) is 24.6 Å². The van der Waals surface area contributed by atoms with Crippen molar-refractivity contribution in [2.75, 3.05) is 6.54 Å². The molecule has 0 aliphatic heterocycles. The minimum Gasteiger partial charge on any atom is -0.481 e. The number of carboxylic acids is 1. The van der Waals surface area contributed by atoms with Crippen molar-refractivity contribution in [1.29, 1.82) is 0 Å². The molecule has 1 rings (SSSR count). The first-order valence-corrected chi connectivity index (χ1v) is 5.92. The predicted octanol–water partition coefficient (Wildman–Crippen LogP) is 2.33. The monoisotopic (exact) mass is 285 g/mol. The lowest BCUT2D eigenvalue weighted by Gasteiger charge is -2.06. The van der Waals surface area contributed by atoms with Gasteiger partial charge in [-0.3, -0.25) is 9.59 Å². The van der Waals surface area contributed by atoms with E-state index in [2.05, 4.69) is 5.32 Å². The lowest BCUT2D eigenvalue weighted by molar-refractivity contribution is -0.141. The summed E-state index contributed by atoms with van der Waals surface area (Å²) in [6.45, 7) is 1.48. The standard InChI is InChI=1S/C13H13ClFNO3/c1-8(13(18)19)7-16-12(17)6-5-9-10(14)3-2-4-11(9)15/h2-6,8H,7H2,1H3,(H,16,17)(H,18,19). The number of halogens is 2. The van der Waals surface area contributed by atoms with Crippen LogP contribution in [0.15, 0.2) is 24.3 Å². The van der Waals surface area contributed by atoms with Crippen molar-refractivity contribution >= 4 is 29.6 Å². The molecule has 0 saturated heterocycles. The van der Waals surface area contributed by atoms with Crippen molar-refractivity contribution in [3.63, 3.8) is 0 Å². The zero-order valence-corrected chi connectivity index (χ0v) is 10.9. The van der Waals surface area contributed by atoms with Crippen LogP contribution in [-0.4, -0.2) is 23.5 Å². The van der Waals surface area contributed by atoms with Crippen molar-refractivity contribution in [3.8, 4) is 0 Å². The van der Waals surface area contributed by atoms with Gasteiger partial charge in [0.2, 0.25) is 5.91 Å². The van der Waals surface area contributed by atoms with E-state index in [9.17, 15) is 14.0 Å². The number of hydrogen-bond donors (Lipinski definition) is 2. The first kappa shape index (κ1) is 15.2. The molecule has 1 aromatic carbocycles. The van der Waals surface area contributed by atoms with Crippen LogP contribution in [0.3, 0.4) is 0 Å². The van der Waals surface area contributed by atoms with Gasteiger partial charge in [-0.2, -0.15) is 0 Å². The van der Waals surface area contributed by atoms with Gasteiger partial charge in [0, 0.05) is 18.2 Å². The lowest BCUT2D eigenvalue weighted by atomic mass is 10.2. The van der Waals surface area contributed by atoms with Crippen molar-refractivity contribution in [2.45, 2.75) is 6.92 Å². The Morgan fingerprint density at radius 3 is 2.79 bits per heavy atom.